The molecule has 64 valence electrons. The third kappa shape index (κ3) is 2.17. The van der Waals surface area contributed by atoms with Crippen LogP contribution < -0.4 is 0 Å². The topological polar surface area (TPSA) is 55.8 Å². The van der Waals surface area contributed by atoms with Gasteiger partial charge in [-0.3, -0.25) is 4.79 Å². The summed E-state index contributed by atoms with van der Waals surface area (Å²) in [7, 11) is 1.34. The van der Waals surface area contributed by atoms with Gasteiger partial charge in [0.05, 0.1) is 19.1 Å². The molecule has 0 aromatic carbocycles. The highest BCUT2D eigenvalue weighted by molar-refractivity contribution is 5.71. The van der Waals surface area contributed by atoms with Crippen molar-refractivity contribution in [3.8, 4) is 0 Å². The van der Waals surface area contributed by atoms with Gasteiger partial charge in [-0.05, 0) is 12.8 Å². The third-order valence-corrected chi connectivity index (χ3v) is 1.87. The van der Waals surface area contributed by atoms with Crippen LogP contribution >= 0.6 is 0 Å². The molecule has 0 aromatic heterocycles. The summed E-state index contributed by atoms with van der Waals surface area (Å²) in [4.78, 5) is 10.8. The smallest absolute Gasteiger partial charge is 0.308 e. The third-order valence-electron chi connectivity index (χ3n) is 1.87. The molecule has 4 heteroatoms. The molecule has 0 bridgehead atoms. The molecule has 0 heterocycles. The Labute approximate surface area is 65.1 Å². The van der Waals surface area contributed by atoms with Gasteiger partial charge in [0.1, 0.15) is 6.79 Å². The molecule has 1 fully saturated rings. The van der Waals surface area contributed by atoms with Crippen molar-refractivity contribution in [2.75, 3.05) is 13.9 Å². The average Bonchev–Trinajstić information content (AvgIpc) is 2.70. The molecule has 11 heavy (non-hydrogen) atoms. The summed E-state index contributed by atoms with van der Waals surface area (Å²) >= 11 is 0. The average molecular weight is 160 g/mol. The Morgan fingerprint density at radius 1 is 1.64 bits per heavy atom. The van der Waals surface area contributed by atoms with Gasteiger partial charge < -0.3 is 14.6 Å². The van der Waals surface area contributed by atoms with Gasteiger partial charge in [0, 0.05) is 0 Å². The van der Waals surface area contributed by atoms with Gasteiger partial charge in [0.25, 0.3) is 0 Å². The molecule has 0 aliphatic heterocycles. The van der Waals surface area contributed by atoms with Crippen LogP contribution in [0.3, 0.4) is 0 Å². The van der Waals surface area contributed by atoms with E-state index in [-0.39, 0.29) is 19.2 Å². The minimum absolute atomic E-state index is 0.254. The van der Waals surface area contributed by atoms with E-state index in [0.717, 1.165) is 12.8 Å². The maximum absolute atomic E-state index is 10.8. The second-order valence-electron chi connectivity index (χ2n) is 2.71. The highest BCUT2D eigenvalue weighted by atomic mass is 16.6. The minimum Gasteiger partial charge on any atom is -0.469 e. The highest BCUT2D eigenvalue weighted by Gasteiger charge is 2.46. The van der Waals surface area contributed by atoms with Gasteiger partial charge >= 0.3 is 5.97 Å². The van der Waals surface area contributed by atoms with Crippen LogP contribution in [-0.4, -0.2) is 30.6 Å². The Bertz CT molecular complexity index is 151. The van der Waals surface area contributed by atoms with Crippen LogP contribution in [0.1, 0.15) is 19.3 Å². The summed E-state index contributed by atoms with van der Waals surface area (Å²) in [6.45, 7) is -0.322. The van der Waals surface area contributed by atoms with E-state index < -0.39 is 5.60 Å². The van der Waals surface area contributed by atoms with E-state index in [4.69, 9.17) is 9.84 Å². The lowest BCUT2D eigenvalue weighted by atomic mass is 10.2. The van der Waals surface area contributed by atoms with Crippen molar-refractivity contribution in [1.29, 1.82) is 0 Å². The second-order valence-corrected chi connectivity index (χ2v) is 2.71. The van der Waals surface area contributed by atoms with E-state index in [2.05, 4.69) is 4.74 Å². The Balaban J connectivity index is 2.29. The van der Waals surface area contributed by atoms with Gasteiger partial charge in [0.2, 0.25) is 0 Å². The van der Waals surface area contributed by atoms with Crippen molar-refractivity contribution in [2.24, 2.45) is 0 Å². The van der Waals surface area contributed by atoms with E-state index in [9.17, 15) is 4.79 Å². The summed E-state index contributed by atoms with van der Waals surface area (Å²) in [6, 6.07) is 0. The molecule has 1 aliphatic carbocycles. The maximum Gasteiger partial charge on any atom is 0.308 e. The number of aliphatic hydroxyl groups excluding tert-OH is 1. The van der Waals surface area contributed by atoms with Gasteiger partial charge in [-0.2, -0.15) is 0 Å². The normalized spacial score (nSPS) is 19.5. The zero-order valence-electron chi connectivity index (χ0n) is 6.50. The van der Waals surface area contributed by atoms with Crippen molar-refractivity contribution in [3.63, 3.8) is 0 Å². The minimum atomic E-state index is -0.401. The quantitative estimate of drug-likeness (QED) is 0.466. The summed E-state index contributed by atoms with van der Waals surface area (Å²) in [5.74, 6) is -0.282. The van der Waals surface area contributed by atoms with Crippen LogP contribution in [0.4, 0.5) is 0 Å². The van der Waals surface area contributed by atoms with Crippen LogP contribution in [-0.2, 0) is 14.3 Å². The van der Waals surface area contributed by atoms with Crippen molar-refractivity contribution in [2.45, 2.75) is 24.9 Å². The fourth-order valence-electron chi connectivity index (χ4n) is 0.984. The Hall–Kier alpha value is -0.610. The molecular formula is C7H12O4. The van der Waals surface area contributed by atoms with Crippen molar-refractivity contribution >= 4 is 5.97 Å². The number of aliphatic hydroxyl groups is 1. The van der Waals surface area contributed by atoms with E-state index >= 15 is 0 Å². The van der Waals surface area contributed by atoms with Crippen LogP contribution in [0.5, 0.6) is 0 Å². The zero-order chi connectivity index (χ0) is 8.32. The molecule has 0 amide bonds. The van der Waals surface area contributed by atoms with Crippen LogP contribution in [0, 0.1) is 0 Å². The van der Waals surface area contributed by atoms with Crippen LogP contribution in [0.15, 0.2) is 0 Å². The van der Waals surface area contributed by atoms with E-state index in [0.29, 0.717) is 0 Å². The second kappa shape index (κ2) is 3.19. The number of methoxy groups -OCH3 is 1. The zero-order valence-corrected chi connectivity index (χ0v) is 6.50. The molecule has 1 N–H and O–H groups in total. The summed E-state index contributed by atoms with van der Waals surface area (Å²) in [5, 5.41) is 8.45. The van der Waals surface area contributed by atoms with Crippen molar-refractivity contribution in [1.82, 2.24) is 0 Å². The fourth-order valence-corrected chi connectivity index (χ4v) is 0.984. The summed E-state index contributed by atoms with van der Waals surface area (Å²) in [5.41, 5.74) is -0.401. The first kappa shape index (κ1) is 8.49. The SMILES string of the molecule is COC(=O)CC1(OCO)CC1. The maximum atomic E-state index is 10.8. The predicted octanol–water partition coefficient (Wildman–Crippen LogP) is 0.0485. The van der Waals surface area contributed by atoms with Crippen LogP contribution in [0.2, 0.25) is 0 Å². The number of hydrogen-bond donors (Lipinski definition) is 1. The van der Waals surface area contributed by atoms with Crippen molar-refractivity contribution in [3.05, 3.63) is 0 Å². The highest BCUT2D eigenvalue weighted by Crippen LogP contribution is 2.42. The number of carbonyl (C=O) groups is 1. The number of esters is 1. The summed E-state index contributed by atoms with van der Waals surface area (Å²) < 4.78 is 9.44. The molecule has 1 saturated carbocycles. The molecule has 0 radical (unpaired) electrons. The molecular weight excluding hydrogens is 148 g/mol. The molecule has 0 atom stereocenters. The van der Waals surface area contributed by atoms with E-state index in [1.807, 2.05) is 0 Å². The van der Waals surface area contributed by atoms with Gasteiger partial charge in [-0.25, -0.2) is 0 Å². The lowest BCUT2D eigenvalue weighted by Crippen LogP contribution is -2.20. The molecule has 1 rings (SSSR count). The van der Waals surface area contributed by atoms with E-state index in [1.54, 1.807) is 0 Å². The molecule has 0 unspecified atom stereocenters. The molecule has 0 saturated heterocycles. The molecule has 0 spiro atoms. The fraction of sp³-hybridized carbons (Fsp3) is 0.857. The van der Waals surface area contributed by atoms with Crippen molar-refractivity contribution < 1.29 is 19.4 Å². The van der Waals surface area contributed by atoms with Crippen LogP contribution in [0.25, 0.3) is 0 Å². The first-order valence-corrected chi connectivity index (χ1v) is 3.54. The Morgan fingerprint density at radius 3 is 2.64 bits per heavy atom. The first-order valence-electron chi connectivity index (χ1n) is 3.54. The van der Waals surface area contributed by atoms with E-state index in [1.165, 1.54) is 7.11 Å². The molecule has 1 aliphatic rings. The summed E-state index contributed by atoms with van der Waals surface area (Å²) in [6.07, 6.45) is 1.93. The lowest BCUT2D eigenvalue weighted by Gasteiger charge is -2.11. The van der Waals surface area contributed by atoms with Gasteiger partial charge in [0.15, 0.2) is 0 Å². The number of hydrogen-bond acceptors (Lipinski definition) is 4. The Morgan fingerprint density at radius 2 is 2.27 bits per heavy atom. The number of ether oxygens (including phenoxy) is 2. The largest absolute Gasteiger partial charge is 0.469 e. The molecule has 0 aromatic rings. The monoisotopic (exact) mass is 160 g/mol. The van der Waals surface area contributed by atoms with Gasteiger partial charge in [-0.15, -0.1) is 0 Å². The Kier molecular flexibility index (Phi) is 2.46. The number of carbonyl (C=O) groups excluding carboxylic acids is 1. The lowest BCUT2D eigenvalue weighted by molar-refractivity contribution is -0.147. The predicted molar refractivity (Wildman–Crippen MR) is 36.8 cm³/mol. The molecule has 4 nitrogen and oxygen atoms in total. The van der Waals surface area contributed by atoms with Gasteiger partial charge in [-0.1, -0.05) is 0 Å². The number of rotatable bonds is 4. The standard InChI is InChI=1S/C7H12O4/c1-10-6(9)4-7(2-3-7)11-5-8/h8H,2-5H2,1H3. The first-order chi connectivity index (χ1) is 5.22.